The number of pyridine rings is 2. The molecule has 35 heavy (non-hydrogen) atoms. The second kappa shape index (κ2) is 9.80. The van der Waals surface area contributed by atoms with Crippen molar-refractivity contribution in [1.82, 2.24) is 14.5 Å². The second-order valence-electron chi connectivity index (χ2n) is 9.17. The van der Waals surface area contributed by atoms with Crippen LogP contribution in [-0.4, -0.2) is 40.7 Å². The number of ether oxygens (including phenoxy) is 1. The normalized spacial score (nSPS) is 15.2. The van der Waals surface area contributed by atoms with Gasteiger partial charge in [0.05, 0.1) is 16.6 Å². The highest BCUT2D eigenvalue weighted by molar-refractivity contribution is 9.10. The van der Waals surface area contributed by atoms with Gasteiger partial charge in [0.25, 0.3) is 0 Å². The van der Waals surface area contributed by atoms with E-state index < -0.39 is 0 Å². The van der Waals surface area contributed by atoms with E-state index in [0.717, 1.165) is 62.0 Å². The molecule has 0 radical (unpaired) electrons. The number of aromatic nitrogens is 2. The average Bonchev–Trinajstić information content (AvgIpc) is 2.87. The van der Waals surface area contributed by atoms with Crippen LogP contribution in [0.2, 0.25) is 0 Å². The summed E-state index contributed by atoms with van der Waals surface area (Å²) in [6, 6.07) is 14.2. The molecule has 2 aromatic heterocycles. The van der Waals surface area contributed by atoms with Gasteiger partial charge in [-0.2, -0.15) is 0 Å². The lowest BCUT2D eigenvalue weighted by Gasteiger charge is -2.26. The molecule has 0 N–H and O–H groups in total. The summed E-state index contributed by atoms with van der Waals surface area (Å²) in [5, 5.41) is 0.706. The van der Waals surface area contributed by atoms with Gasteiger partial charge in [0.1, 0.15) is 12.4 Å². The minimum Gasteiger partial charge on any atom is -0.492 e. The lowest BCUT2D eigenvalue weighted by molar-refractivity contribution is 0.183. The second-order valence-corrected chi connectivity index (χ2v) is 11.2. The van der Waals surface area contributed by atoms with Crippen molar-refractivity contribution in [2.24, 2.45) is 0 Å². The van der Waals surface area contributed by atoms with E-state index in [1.807, 2.05) is 36.7 Å². The zero-order chi connectivity index (χ0) is 23.8. The topological polar surface area (TPSA) is 47.4 Å². The fraction of sp³-hybridized carbons (Fsp3) is 0.286. The van der Waals surface area contributed by atoms with Crippen molar-refractivity contribution in [3.63, 3.8) is 0 Å². The number of fused-ring (bicyclic) bond motifs is 2. The molecule has 0 unspecified atom stereocenters. The van der Waals surface area contributed by atoms with Gasteiger partial charge >= 0.3 is 0 Å². The largest absolute Gasteiger partial charge is 0.492 e. The molecule has 2 aliphatic heterocycles. The molecule has 0 amide bonds. The van der Waals surface area contributed by atoms with E-state index >= 15 is 0 Å². The van der Waals surface area contributed by atoms with Crippen molar-refractivity contribution in [3.05, 3.63) is 86.9 Å². The van der Waals surface area contributed by atoms with Crippen LogP contribution in [0.5, 0.6) is 5.75 Å². The quantitative estimate of drug-likeness (QED) is 0.258. The fourth-order valence-electron chi connectivity index (χ4n) is 5.02. The molecule has 2 aliphatic rings. The van der Waals surface area contributed by atoms with Gasteiger partial charge in [0.15, 0.2) is 5.43 Å². The molecule has 178 valence electrons. The maximum atomic E-state index is 13.7. The van der Waals surface area contributed by atoms with Crippen molar-refractivity contribution in [3.8, 4) is 11.4 Å². The Morgan fingerprint density at radius 3 is 2.77 bits per heavy atom. The molecule has 1 fully saturated rings. The first kappa shape index (κ1) is 22.8. The average molecular weight is 549 g/mol. The Labute approximate surface area is 217 Å². The molecule has 2 aromatic carbocycles. The van der Waals surface area contributed by atoms with Gasteiger partial charge in [0, 0.05) is 51.4 Å². The van der Waals surface area contributed by atoms with Gasteiger partial charge in [-0.15, -0.1) is 0 Å². The number of halogens is 1. The van der Waals surface area contributed by atoms with E-state index in [1.165, 1.54) is 19.3 Å². The van der Waals surface area contributed by atoms with E-state index in [-0.39, 0.29) is 5.43 Å². The van der Waals surface area contributed by atoms with Crippen molar-refractivity contribution in [2.45, 2.75) is 35.5 Å². The van der Waals surface area contributed by atoms with E-state index in [1.54, 1.807) is 18.0 Å². The summed E-state index contributed by atoms with van der Waals surface area (Å²) in [6.07, 6.45) is 9.99. The SMILES string of the molecule is O=c1c(Cc2cccnc2)cn2c3c(cc(OCCN4CCCCC4)cc13)Sc1cc(Br)ccc1-2. The van der Waals surface area contributed by atoms with Gasteiger partial charge in [-0.25, -0.2) is 0 Å². The van der Waals surface area contributed by atoms with Crippen molar-refractivity contribution >= 4 is 38.6 Å². The zero-order valence-corrected chi connectivity index (χ0v) is 21.8. The van der Waals surface area contributed by atoms with Gasteiger partial charge in [0.2, 0.25) is 0 Å². The van der Waals surface area contributed by atoms with Crippen LogP contribution in [0.4, 0.5) is 0 Å². The van der Waals surface area contributed by atoms with Crippen LogP contribution in [0.3, 0.4) is 0 Å². The van der Waals surface area contributed by atoms with Crippen molar-refractivity contribution < 1.29 is 4.74 Å². The number of nitrogens with zero attached hydrogens (tertiary/aromatic N) is 3. The minimum atomic E-state index is 0.0593. The number of rotatable bonds is 6. The predicted octanol–water partition coefficient (Wildman–Crippen LogP) is 6.07. The number of hydrogen-bond acceptors (Lipinski definition) is 5. The van der Waals surface area contributed by atoms with Crippen LogP contribution in [0.1, 0.15) is 30.4 Å². The Kier molecular flexibility index (Phi) is 6.39. The summed E-state index contributed by atoms with van der Waals surface area (Å²) in [5.41, 5.74) is 3.87. The van der Waals surface area contributed by atoms with Gasteiger partial charge in [-0.1, -0.05) is 40.2 Å². The molecule has 1 saturated heterocycles. The molecular weight excluding hydrogens is 522 g/mol. The van der Waals surface area contributed by atoms with E-state index in [9.17, 15) is 4.79 Å². The highest BCUT2D eigenvalue weighted by atomic mass is 79.9. The first-order valence-electron chi connectivity index (χ1n) is 12.1. The third-order valence-electron chi connectivity index (χ3n) is 6.75. The highest BCUT2D eigenvalue weighted by Crippen LogP contribution is 2.44. The first-order chi connectivity index (χ1) is 17.2. The fourth-order valence-corrected chi connectivity index (χ4v) is 6.71. The minimum absolute atomic E-state index is 0.0593. The van der Waals surface area contributed by atoms with Crippen LogP contribution in [0, 0.1) is 0 Å². The molecule has 0 spiro atoms. The number of likely N-dealkylation sites (tertiary alicyclic amines) is 1. The number of hydrogen-bond donors (Lipinski definition) is 0. The summed E-state index contributed by atoms with van der Waals surface area (Å²) in [6.45, 7) is 3.84. The molecule has 0 aliphatic carbocycles. The molecule has 7 heteroatoms. The molecule has 5 nitrogen and oxygen atoms in total. The molecule has 6 rings (SSSR count). The monoisotopic (exact) mass is 547 g/mol. The van der Waals surface area contributed by atoms with Gasteiger partial charge in [-0.3, -0.25) is 14.7 Å². The van der Waals surface area contributed by atoms with Crippen LogP contribution in [0.15, 0.2) is 80.1 Å². The van der Waals surface area contributed by atoms with E-state index in [2.05, 4.69) is 48.6 Å². The molecule has 0 atom stereocenters. The first-order valence-corrected chi connectivity index (χ1v) is 13.7. The van der Waals surface area contributed by atoms with Crippen LogP contribution in [-0.2, 0) is 6.42 Å². The Morgan fingerprint density at radius 2 is 1.94 bits per heavy atom. The summed E-state index contributed by atoms with van der Waals surface area (Å²) in [4.78, 5) is 22.6. The standard InChI is InChI=1S/C28H26BrN3O2S/c29-21-6-7-24-25(14-21)35-26-16-22(34-12-11-31-9-2-1-3-10-31)15-23-27(26)32(24)18-20(28(23)33)13-19-5-4-8-30-17-19/h4-8,14-18H,1-3,9-13H2. The van der Waals surface area contributed by atoms with Crippen LogP contribution >= 0.6 is 27.7 Å². The molecule has 4 aromatic rings. The lowest BCUT2D eigenvalue weighted by atomic mass is 10.0. The third-order valence-corrected chi connectivity index (χ3v) is 8.33. The van der Waals surface area contributed by atoms with Gasteiger partial charge < -0.3 is 9.30 Å². The van der Waals surface area contributed by atoms with Crippen molar-refractivity contribution in [1.29, 1.82) is 0 Å². The summed E-state index contributed by atoms with van der Waals surface area (Å²) in [5.74, 6) is 0.762. The smallest absolute Gasteiger partial charge is 0.193 e. The van der Waals surface area contributed by atoms with E-state index in [0.29, 0.717) is 18.4 Å². The molecule has 4 heterocycles. The third kappa shape index (κ3) is 4.65. The van der Waals surface area contributed by atoms with E-state index in [4.69, 9.17) is 4.74 Å². The van der Waals surface area contributed by atoms with Crippen LogP contribution in [0.25, 0.3) is 16.6 Å². The van der Waals surface area contributed by atoms with Gasteiger partial charge in [-0.05, 0) is 67.9 Å². The molecular formula is C28H26BrN3O2S. The highest BCUT2D eigenvalue weighted by Gasteiger charge is 2.23. The molecule has 0 bridgehead atoms. The summed E-state index contributed by atoms with van der Waals surface area (Å²) >= 11 is 5.31. The predicted molar refractivity (Wildman–Crippen MR) is 144 cm³/mol. The van der Waals surface area contributed by atoms with Crippen molar-refractivity contribution in [2.75, 3.05) is 26.2 Å². The Hall–Kier alpha value is -2.61. The maximum absolute atomic E-state index is 13.7. The maximum Gasteiger partial charge on any atom is 0.193 e. The number of piperidine rings is 1. The lowest BCUT2D eigenvalue weighted by Crippen LogP contribution is -2.33. The van der Waals surface area contributed by atoms with Crippen LogP contribution < -0.4 is 10.2 Å². The number of benzene rings is 2. The Morgan fingerprint density at radius 1 is 1.06 bits per heavy atom. The Balaban J connectivity index is 1.42. The Bertz CT molecular complexity index is 1450. The summed E-state index contributed by atoms with van der Waals surface area (Å²) in [7, 11) is 0. The summed E-state index contributed by atoms with van der Waals surface area (Å²) < 4.78 is 9.44. The zero-order valence-electron chi connectivity index (χ0n) is 19.4. The molecule has 0 saturated carbocycles.